The Hall–Kier alpha value is -1.39. The van der Waals surface area contributed by atoms with Gasteiger partial charge >= 0.3 is 5.97 Å². The number of carboxylic acid groups (broad SMARTS) is 1. The molecule has 0 spiro atoms. The molecule has 1 saturated heterocycles. The smallest absolute Gasteiger partial charge is 0.307 e. The summed E-state index contributed by atoms with van der Waals surface area (Å²) in [6.45, 7) is 2.40. The summed E-state index contributed by atoms with van der Waals surface area (Å²) in [5.41, 5.74) is 1.09. The molecule has 0 aromatic heterocycles. The number of rotatable bonds is 3. The highest BCUT2D eigenvalue weighted by Gasteiger charge is 2.37. The molecule has 92 valence electrons. The number of aliphatic hydroxyl groups excluding tert-OH is 1. The summed E-state index contributed by atoms with van der Waals surface area (Å²) in [6, 6.07) is 9.86. The quantitative estimate of drug-likeness (QED) is 0.833. The lowest BCUT2D eigenvalue weighted by molar-refractivity contribution is -0.141. The zero-order valence-electron chi connectivity index (χ0n) is 9.78. The summed E-state index contributed by atoms with van der Waals surface area (Å²) in [6.07, 6.45) is -0.349. The minimum absolute atomic E-state index is 0.0375. The van der Waals surface area contributed by atoms with E-state index in [0.29, 0.717) is 13.0 Å². The van der Waals surface area contributed by atoms with E-state index in [4.69, 9.17) is 5.11 Å². The van der Waals surface area contributed by atoms with Gasteiger partial charge in [-0.3, -0.25) is 9.69 Å². The van der Waals surface area contributed by atoms with Gasteiger partial charge in [-0.15, -0.1) is 0 Å². The van der Waals surface area contributed by atoms with E-state index >= 15 is 0 Å². The molecule has 2 rings (SSSR count). The van der Waals surface area contributed by atoms with Crippen LogP contribution in [0.25, 0.3) is 0 Å². The average Bonchev–Trinajstić information content (AvgIpc) is 2.72. The van der Waals surface area contributed by atoms with Gasteiger partial charge in [0.25, 0.3) is 0 Å². The Labute approximate surface area is 100 Å². The van der Waals surface area contributed by atoms with Crippen molar-refractivity contribution < 1.29 is 15.0 Å². The fourth-order valence-electron chi connectivity index (χ4n) is 2.36. The van der Waals surface area contributed by atoms with E-state index in [9.17, 15) is 9.90 Å². The fourth-order valence-corrected chi connectivity index (χ4v) is 2.36. The highest BCUT2D eigenvalue weighted by atomic mass is 16.4. The number of aliphatic hydroxyl groups is 1. The van der Waals surface area contributed by atoms with Crippen LogP contribution in [-0.4, -0.2) is 33.9 Å². The van der Waals surface area contributed by atoms with Gasteiger partial charge in [0.15, 0.2) is 0 Å². The molecule has 4 nitrogen and oxygen atoms in total. The third-order valence-corrected chi connectivity index (χ3v) is 3.44. The van der Waals surface area contributed by atoms with Crippen molar-refractivity contribution in [2.45, 2.75) is 25.6 Å². The van der Waals surface area contributed by atoms with E-state index in [1.807, 2.05) is 42.2 Å². The number of nitrogens with zero attached hydrogens (tertiary/aromatic N) is 1. The third kappa shape index (κ3) is 2.48. The van der Waals surface area contributed by atoms with Crippen molar-refractivity contribution in [1.29, 1.82) is 0 Å². The van der Waals surface area contributed by atoms with Gasteiger partial charge in [-0.1, -0.05) is 30.3 Å². The molecule has 1 heterocycles. The lowest BCUT2D eigenvalue weighted by Gasteiger charge is -2.27. The van der Waals surface area contributed by atoms with E-state index in [1.165, 1.54) is 0 Å². The lowest BCUT2D eigenvalue weighted by Crippen LogP contribution is -2.32. The molecule has 4 heteroatoms. The van der Waals surface area contributed by atoms with Gasteiger partial charge in [0, 0.05) is 19.0 Å². The SMILES string of the molecule is C[C@H](c1ccccc1)N1CC(C(=O)O)CC1O. The summed E-state index contributed by atoms with van der Waals surface area (Å²) >= 11 is 0. The Morgan fingerprint density at radius 1 is 1.41 bits per heavy atom. The van der Waals surface area contributed by atoms with Gasteiger partial charge < -0.3 is 10.2 Å². The van der Waals surface area contributed by atoms with Crippen LogP contribution in [0.1, 0.15) is 24.9 Å². The predicted molar refractivity (Wildman–Crippen MR) is 63.3 cm³/mol. The molecule has 1 fully saturated rings. The number of hydrogen-bond donors (Lipinski definition) is 2. The monoisotopic (exact) mass is 235 g/mol. The normalized spacial score (nSPS) is 26.9. The number of likely N-dealkylation sites (tertiary alicyclic amines) is 1. The van der Waals surface area contributed by atoms with Crippen molar-refractivity contribution in [3.63, 3.8) is 0 Å². The molecular weight excluding hydrogens is 218 g/mol. The van der Waals surface area contributed by atoms with Crippen molar-refractivity contribution >= 4 is 5.97 Å². The van der Waals surface area contributed by atoms with E-state index in [-0.39, 0.29) is 6.04 Å². The maximum absolute atomic E-state index is 10.9. The molecule has 3 atom stereocenters. The number of aliphatic carboxylic acids is 1. The first-order valence-corrected chi connectivity index (χ1v) is 5.81. The van der Waals surface area contributed by atoms with Crippen LogP contribution in [0.15, 0.2) is 30.3 Å². The van der Waals surface area contributed by atoms with Crippen LogP contribution >= 0.6 is 0 Å². The van der Waals surface area contributed by atoms with Crippen LogP contribution in [0, 0.1) is 5.92 Å². The molecule has 2 N–H and O–H groups in total. The predicted octanol–water partition coefficient (Wildman–Crippen LogP) is 1.47. The summed E-state index contributed by atoms with van der Waals surface area (Å²) < 4.78 is 0. The Balaban J connectivity index is 2.11. The summed E-state index contributed by atoms with van der Waals surface area (Å²) in [5, 5.41) is 18.9. The molecule has 1 aliphatic heterocycles. The molecule has 0 radical (unpaired) electrons. The van der Waals surface area contributed by atoms with E-state index in [1.54, 1.807) is 0 Å². The molecule has 0 saturated carbocycles. The van der Waals surface area contributed by atoms with Crippen molar-refractivity contribution in [2.24, 2.45) is 5.92 Å². The maximum atomic E-state index is 10.9. The van der Waals surface area contributed by atoms with E-state index in [2.05, 4.69) is 0 Å². The summed E-state index contributed by atoms with van der Waals surface area (Å²) in [4.78, 5) is 12.8. The molecule has 1 aromatic carbocycles. The van der Waals surface area contributed by atoms with Gasteiger partial charge in [-0.05, 0) is 12.5 Å². The molecule has 0 bridgehead atoms. The van der Waals surface area contributed by atoms with Crippen LogP contribution in [0.5, 0.6) is 0 Å². The van der Waals surface area contributed by atoms with Crippen molar-refractivity contribution in [1.82, 2.24) is 4.90 Å². The minimum Gasteiger partial charge on any atom is -0.481 e. The topological polar surface area (TPSA) is 60.8 Å². The largest absolute Gasteiger partial charge is 0.481 e. The number of carboxylic acids is 1. The van der Waals surface area contributed by atoms with Crippen LogP contribution in [-0.2, 0) is 4.79 Å². The molecule has 17 heavy (non-hydrogen) atoms. The number of hydrogen-bond acceptors (Lipinski definition) is 3. The molecule has 0 aliphatic carbocycles. The minimum atomic E-state index is -0.827. The summed E-state index contributed by atoms with van der Waals surface area (Å²) in [7, 11) is 0. The lowest BCUT2D eigenvalue weighted by atomic mass is 10.1. The average molecular weight is 235 g/mol. The first kappa shape index (κ1) is 12.1. The molecular formula is C13H17NO3. The molecule has 1 aliphatic rings. The highest BCUT2D eigenvalue weighted by Crippen LogP contribution is 2.30. The van der Waals surface area contributed by atoms with Gasteiger partial charge in [0.05, 0.1) is 5.92 Å². The van der Waals surface area contributed by atoms with Crippen LogP contribution in [0.4, 0.5) is 0 Å². The third-order valence-electron chi connectivity index (χ3n) is 3.44. The van der Waals surface area contributed by atoms with Gasteiger partial charge in [-0.2, -0.15) is 0 Å². The highest BCUT2D eigenvalue weighted by molar-refractivity contribution is 5.70. The first-order valence-electron chi connectivity index (χ1n) is 5.81. The molecule has 0 amide bonds. The van der Waals surface area contributed by atoms with E-state index < -0.39 is 18.1 Å². The van der Waals surface area contributed by atoms with Gasteiger partial charge in [0.2, 0.25) is 0 Å². The van der Waals surface area contributed by atoms with Crippen LogP contribution < -0.4 is 0 Å². The molecule has 1 aromatic rings. The number of benzene rings is 1. The van der Waals surface area contributed by atoms with Gasteiger partial charge in [0.1, 0.15) is 6.23 Å². The zero-order chi connectivity index (χ0) is 12.4. The van der Waals surface area contributed by atoms with Crippen molar-refractivity contribution in [3.05, 3.63) is 35.9 Å². The second kappa shape index (κ2) is 4.85. The fraction of sp³-hybridized carbons (Fsp3) is 0.462. The van der Waals surface area contributed by atoms with E-state index in [0.717, 1.165) is 5.56 Å². The van der Waals surface area contributed by atoms with Crippen LogP contribution in [0.2, 0.25) is 0 Å². The maximum Gasteiger partial charge on any atom is 0.307 e. The standard InChI is InChI=1S/C13H17NO3/c1-9(10-5-3-2-4-6-10)14-8-11(13(16)17)7-12(14)15/h2-6,9,11-12,15H,7-8H2,1H3,(H,16,17)/t9-,11?,12?/m1/s1. The second-order valence-electron chi connectivity index (χ2n) is 4.53. The second-order valence-corrected chi connectivity index (χ2v) is 4.53. The first-order chi connectivity index (χ1) is 8.09. The van der Waals surface area contributed by atoms with Crippen LogP contribution in [0.3, 0.4) is 0 Å². The Morgan fingerprint density at radius 2 is 2.06 bits per heavy atom. The molecule has 2 unspecified atom stereocenters. The van der Waals surface area contributed by atoms with Crippen molar-refractivity contribution in [2.75, 3.05) is 6.54 Å². The van der Waals surface area contributed by atoms with Crippen molar-refractivity contribution in [3.8, 4) is 0 Å². The Kier molecular flexibility index (Phi) is 3.45. The Morgan fingerprint density at radius 3 is 2.59 bits per heavy atom. The zero-order valence-corrected chi connectivity index (χ0v) is 9.78. The Bertz CT molecular complexity index is 393. The van der Waals surface area contributed by atoms with Gasteiger partial charge in [-0.25, -0.2) is 0 Å². The number of carbonyl (C=O) groups is 1. The summed E-state index contributed by atoms with van der Waals surface area (Å²) in [5.74, 6) is -1.29.